The van der Waals surface area contributed by atoms with Crippen molar-refractivity contribution in [1.29, 1.82) is 0 Å². The molecule has 5 heteroatoms. The second-order valence-corrected chi connectivity index (χ2v) is 5.09. The van der Waals surface area contributed by atoms with Crippen LogP contribution in [0, 0.1) is 0 Å². The molecule has 2 aromatic rings. The summed E-state index contributed by atoms with van der Waals surface area (Å²) in [5, 5.41) is 8.82. The molecule has 4 nitrogen and oxygen atoms in total. The molecule has 0 aliphatic heterocycles. The van der Waals surface area contributed by atoms with Crippen LogP contribution in [0.4, 0.5) is 5.69 Å². The molecule has 0 amide bonds. The van der Waals surface area contributed by atoms with Gasteiger partial charge in [0.05, 0.1) is 5.56 Å². The molecule has 0 unspecified atom stereocenters. The molecule has 18 heavy (non-hydrogen) atoms. The molecule has 1 saturated carbocycles. The molecule has 1 aromatic carbocycles. The number of nitrogens with zero attached hydrogens (tertiary/aromatic N) is 2. The van der Waals surface area contributed by atoms with E-state index in [0.29, 0.717) is 22.5 Å². The van der Waals surface area contributed by atoms with Gasteiger partial charge in [-0.1, -0.05) is 24.4 Å². The lowest BCUT2D eigenvalue weighted by molar-refractivity contribution is 0.457. The summed E-state index contributed by atoms with van der Waals surface area (Å²) in [7, 11) is 0. The molecular formula is C13H14ClN3O. The molecule has 94 valence electrons. The number of rotatable bonds is 2. The van der Waals surface area contributed by atoms with Crippen molar-refractivity contribution in [2.75, 3.05) is 5.73 Å². The van der Waals surface area contributed by atoms with Gasteiger partial charge in [-0.3, -0.25) is 0 Å². The maximum absolute atomic E-state index is 5.90. The van der Waals surface area contributed by atoms with E-state index in [-0.39, 0.29) is 0 Å². The first-order valence-corrected chi connectivity index (χ1v) is 6.50. The smallest absolute Gasteiger partial charge is 0.249 e. The lowest BCUT2D eigenvalue weighted by Gasteiger charge is -2.02. The standard InChI is InChI=1S/C13H14ClN3O/c14-9-5-6-10(11(15)7-9)13-17-16-12(18-13)8-3-1-2-4-8/h5-8H,1-4,15H2. The predicted molar refractivity (Wildman–Crippen MR) is 70.4 cm³/mol. The van der Waals surface area contributed by atoms with Crippen LogP contribution in [0.25, 0.3) is 11.5 Å². The quantitative estimate of drug-likeness (QED) is 0.841. The van der Waals surface area contributed by atoms with Gasteiger partial charge in [-0.25, -0.2) is 0 Å². The van der Waals surface area contributed by atoms with Crippen molar-refractivity contribution < 1.29 is 4.42 Å². The second kappa shape index (κ2) is 4.61. The van der Waals surface area contributed by atoms with E-state index < -0.39 is 0 Å². The molecule has 0 spiro atoms. The van der Waals surface area contributed by atoms with Crippen LogP contribution in [0.2, 0.25) is 5.02 Å². The normalized spacial score (nSPS) is 16.3. The first-order chi connectivity index (χ1) is 8.74. The first kappa shape index (κ1) is 11.5. The van der Waals surface area contributed by atoms with E-state index in [0.717, 1.165) is 24.3 Å². The molecule has 1 aromatic heterocycles. The van der Waals surface area contributed by atoms with Gasteiger partial charge in [0.15, 0.2) is 0 Å². The fourth-order valence-electron chi connectivity index (χ4n) is 2.41. The number of nitrogen functional groups attached to an aromatic ring is 1. The average Bonchev–Trinajstić information content (AvgIpc) is 2.99. The predicted octanol–water partition coefficient (Wildman–Crippen LogP) is 3.63. The molecule has 0 radical (unpaired) electrons. The SMILES string of the molecule is Nc1cc(Cl)ccc1-c1nnc(C2CCCC2)o1. The highest BCUT2D eigenvalue weighted by molar-refractivity contribution is 6.31. The van der Waals surface area contributed by atoms with Crippen molar-refractivity contribution in [1.82, 2.24) is 10.2 Å². The van der Waals surface area contributed by atoms with E-state index in [1.807, 2.05) is 6.07 Å². The Bertz CT molecular complexity index is 561. The summed E-state index contributed by atoms with van der Waals surface area (Å²) >= 11 is 5.87. The Morgan fingerprint density at radius 1 is 1.22 bits per heavy atom. The Morgan fingerprint density at radius 3 is 2.72 bits per heavy atom. The maximum Gasteiger partial charge on any atom is 0.249 e. The van der Waals surface area contributed by atoms with Crippen molar-refractivity contribution in [3.8, 4) is 11.5 Å². The van der Waals surface area contributed by atoms with E-state index >= 15 is 0 Å². The number of benzene rings is 1. The lowest BCUT2D eigenvalue weighted by atomic mass is 10.1. The average molecular weight is 264 g/mol. The van der Waals surface area contributed by atoms with Crippen LogP contribution in [0.1, 0.15) is 37.5 Å². The zero-order chi connectivity index (χ0) is 12.5. The van der Waals surface area contributed by atoms with Crippen LogP contribution in [-0.4, -0.2) is 10.2 Å². The minimum atomic E-state index is 0.416. The minimum absolute atomic E-state index is 0.416. The molecule has 0 saturated heterocycles. The lowest BCUT2D eigenvalue weighted by Crippen LogP contribution is -1.91. The molecule has 1 aliphatic rings. The van der Waals surface area contributed by atoms with Crippen molar-refractivity contribution in [2.24, 2.45) is 0 Å². The Labute approximate surface area is 110 Å². The molecule has 1 fully saturated rings. The van der Waals surface area contributed by atoms with Gasteiger partial charge in [-0.05, 0) is 31.0 Å². The Kier molecular flexibility index (Phi) is 2.96. The van der Waals surface area contributed by atoms with E-state index in [1.165, 1.54) is 12.8 Å². The van der Waals surface area contributed by atoms with Gasteiger partial charge >= 0.3 is 0 Å². The summed E-state index contributed by atoms with van der Waals surface area (Å²) in [6.07, 6.45) is 4.76. The van der Waals surface area contributed by atoms with Crippen molar-refractivity contribution >= 4 is 17.3 Å². The summed E-state index contributed by atoms with van der Waals surface area (Å²) in [5.41, 5.74) is 7.21. The number of hydrogen-bond acceptors (Lipinski definition) is 4. The second-order valence-electron chi connectivity index (χ2n) is 4.66. The van der Waals surface area contributed by atoms with Crippen molar-refractivity contribution in [2.45, 2.75) is 31.6 Å². The molecule has 0 bridgehead atoms. The van der Waals surface area contributed by atoms with Crippen LogP contribution in [-0.2, 0) is 0 Å². The molecule has 3 rings (SSSR count). The van der Waals surface area contributed by atoms with Crippen LogP contribution >= 0.6 is 11.6 Å². The number of hydrogen-bond donors (Lipinski definition) is 1. The Morgan fingerprint density at radius 2 is 2.00 bits per heavy atom. The maximum atomic E-state index is 5.90. The van der Waals surface area contributed by atoms with Gasteiger partial charge in [-0.15, -0.1) is 10.2 Å². The highest BCUT2D eigenvalue weighted by Gasteiger charge is 2.23. The minimum Gasteiger partial charge on any atom is -0.420 e. The molecule has 0 atom stereocenters. The summed E-state index contributed by atoms with van der Waals surface area (Å²) in [5.74, 6) is 1.63. The summed E-state index contributed by atoms with van der Waals surface area (Å²) in [6.45, 7) is 0. The van der Waals surface area contributed by atoms with Crippen LogP contribution in [0.5, 0.6) is 0 Å². The van der Waals surface area contributed by atoms with Crippen molar-refractivity contribution in [3.05, 3.63) is 29.1 Å². The summed E-state index contributed by atoms with van der Waals surface area (Å²) in [6, 6.07) is 5.27. The van der Waals surface area contributed by atoms with E-state index in [2.05, 4.69) is 10.2 Å². The van der Waals surface area contributed by atoms with Gasteiger partial charge in [0.25, 0.3) is 0 Å². The van der Waals surface area contributed by atoms with Gasteiger partial charge in [0.2, 0.25) is 11.8 Å². The zero-order valence-electron chi connectivity index (χ0n) is 9.90. The number of anilines is 1. The fourth-order valence-corrected chi connectivity index (χ4v) is 2.59. The third kappa shape index (κ3) is 2.08. The first-order valence-electron chi connectivity index (χ1n) is 6.13. The topological polar surface area (TPSA) is 64.9 Å². The van der Waals surface area contributed by atoms with Gasteiger partial charge in [0.1, 0.15) is 0 Å². The summed E-state index contributed by atoms with van der Waals surface area (Å²) in [4.78, 5) is 0. The van der Waals surface area contributed by atoms with E-state index in [9.17, 15) is 0 Å². The van der Waals surface area contributed by atoms with Gasteiger partial charge < -0.3 is 10.2 Å². The Hall–Kier alpha value is -1.55. The number of aromatic nitrogens is 2. The largest absolute Gasteiger partial charge is 0.420 e. The van der Waals surface area contributed by atoms with Crippen LogP contribution < -0.4 is 5.73 Å². The third-order valence-corrected chi connectivity index (χ3v) is 3.62. The zero-order valence-corrected chi connectivity index (χ0v) is 10.7. The number of halogens is 1. The third-order valence-electron chi connectivity index (χ3n) is 3.39. The number of nitrogens with two attached hydrogens (primary N) is 1. The highest BCUT2D eigenvalue weighted by Crippen LogP contribution is 2.35. The molecule has 1 aliphatic carbocycles. The monoisotopic (exact) mass is 263 g/mol. The van der Waals surface area contributed by atoms with Crippen molar-refractivity contribution in [3.63, 3.8) is 0 Å². The molecule has 2 N–H and O–H groups in total. The van der Waals surface area contributed by atoms with Gasteiger partial charge in [-0.2, -0.15) is 0 Å². The summed E-state index contributed by atoms with van der Waals surface area (Å²) < 4.78 is 5.73. The van der Waals surface area contributed by atoms with E-state index in [4.69, 9.17) is 21.8 Å². The molecule has 1 heterocycles. The molecular weight excluding hydrogens is 250 g/mol. The Balaban J connectivity index is 1.92. The van der Waals surface area contributed by atoms with E-state index in [1.54, 1.807) is 12.1 Å². The fraction of sp³-hybridized carbons (Fsp3) is 0.385. The van der Waals surface area contributed by atoms with Crippen LogP contribution in [0.15, 0.2) is 22.6 Å². The highest BCUT2D eigenvalue weighted by atomic mass is 35.5. The van der Waals surface area contributed by atoms with Crippen LogP contribution in [0.3, 0.4) is 0 Å². The van der Waals surface area contributed by atoms with Gasteiger partial charge in [0, 0.05) is 16.6 Å².